The lowest BCUT2D eigenvalue weighted by Gasteiger charge is -2.30. The number of likely N-dealkylation sites (tertiary alicyclic amines) is 2. The maximum absolute atomic E-state index is 5.35. The highest BCUT2D eigenvalue weighted by atomic mass is 16.5. The van der Waals surface area contributed by atoms with Gasteiger partial charge in [-0.2, -0.15) is 0 Å². The van der Waals surface area contributed by atoms with Crippen molar-refractivity contribution in [2.75, 3.05) is 53.0 Å². The predicted molar refractivity (Wildman–Crippen MR) is 109 cm³/mol. The number of nitrogens with one attached hydrogen (secondary N) is 1. The number of ether oxygens (including phenoxy) is 1. The van der Waals surface area contributed by atoms with Crippen LogP contribution < -0.4 is 5.32 Å². The zero-order valence-electron chi connectivity index (χ0n) is 17.1. The largest absolute Gasteiger partial charge is 0.384 e. The van der Waals surface area contributed by atoms with E-state index in [4.69, 9.17) is 9.73 Å². The number of hydrogen-bond acceptors (Lipinski definition) is 3. The average Bonchev–Trinajstić information content (AvgIpc) is 3.30. The highest BCUT2D eigenvalue weighted by molar-refractivity contribution is 5.80. The zero-order valence-corrected chi connectivity index (χ0v) is 17.1. The molecular formula is C21H40N4O. The van der Waals surface area contributed by atoms with Gasteiger partial charge < -0.3 is 15.0 Å². The summed E-state index contributed by atoms with van der Waals surface area (Å²) in [5.41, 5.74) is 0. The Hall–Kier alpha value is -0.810. The van der Waals surface area contributed by atoms with Gasteiger partial charge in [0.05, 0.1) is 13.2 Å². The SMILES string of the molecule is CCNC(=NCC1CCCN1CC1CCCCC1)N1CCC(COC)C1. The lowest BCUT2D eigenvalue weighted by Crippen LogP contribution is -2.42. The van der Waals surface area contributed by atoms with Crippen molar-refractivity contribution in [3.8, 4) is 0 Å². The first-order valence-corrected chi connectivity index (χ1v) is 11.1. The van der Waals surface area contributed by atoms with Crippen molar-refractivity contribution in [3.63, 3.8) is 0 Å². The van der Waals surface area contributed by atoms with E-state index in [1.165, 1.54) is 64.5 Å². The van der Waals surface area contributed by atoms with Gasteiger partial charge in [0.2, 0.25) is 0 Å². The molecule has 2 heterocycles. The van der Waals surface area contributed by atoms with E-state index >= 15 is 0 Å². The van der Waals surface area contributed by atoms with Crippen LogP contribution in [0.15, 0.2) is 4.99 Å². The summed E-state index contributed by atoms with van der Waals surface area (Å²) in [6, 6.07) is 0.656. The molecule has 5 nitrogen and oxygen atoms in total. The van der Waals surface area contributed by atoms with Crippen molar-refractivity contribution < 1.29 is 4.74 Å². The molecule has 0 amide bonds. The molecule has 0 radical (unpaired) electrons. The van der Waals surface area contributed by atoms with Gasteiger partial charge in [0.1, 0.15) is 0 Å². The first kappa shape index (κ1) is 19.9. The van der Waals surface area contributed by atoms with Crippen molar-refractivity contribution >= 4 is 5.96 Å². The second kappa shape index (κ2) is 10.5. The molecular weight excluding hydrogens is 324 g/mol. The molecule has 0 spiro atoms. The van der Waals surface area contributed by atoms with Gasteiger partial charge in [-0.15, -0.1) is 0 Å². The van der Waals surface area contributed by atoms with Gasteiger partial charge in [0, 0.05) is 45.2 Å². The Bertz CT molecular complexity index is 436. The van der Waals surface area contributed by atoms with Crippen LogP contribution in [0.1, 0.15) is 58.3 Å². The van der Waals surface area contributed by atoms with Crippen LogP contribution in [0.5, 0.6) is 0 Å². The number of aliphatic imine (C=N–C) groups is 1. The molecule has 0 bridgehead atoms. The number of rotatable bonds is 7. The summed E-state index contributed by atoms with van der Waals surface area (Å²) >= 11 is 0. The second-order valence-corrected chi connectivity index (χ2v) is 8.55. The molecule has 1 aliphatic carbocycles. The number of hydrogen-bond donors (Lipinski definition) is 1. The minimum atomic E-state index is 0.651. The summed E-state index contributed by atoms with van der Waals surface area (Å²) in [6.45, 7) is 9.73. The third-order valence-corrected chi connectivity index (χ3v) is 6.49. The molecule has 2 atom stereocenters. The monoisotopic (exact) mass is 364 g/mol. The highest BCUT2D eigenvalue weighted by Crippen LogP contribution is 2.27. The molecule has 0 aromatic rings. The normalized spacial score (nSPS) is 28.8. The summed E-state index contributed by atoms with van der Waals surface area (Å²) in [6.07, 6.45) is 11.1. The summed E-state index contributed by atoms with van der Waals surface area (Å²) in [4.78, 5) is 10.3. The minimum absolute atomic E-state index is 0.651. The first-order valence-electron chi connectivity index (χ1n) is 11.1. The van der Waals surface area contributed by atoms with Crippen LogP contribution in [0.2, 0.25) is 0 Å². The maximum Gasteiger partial charge on any atom is 0.193 e. The molecule has 2 saturated heterocycles. The van der Waals surface area contributed by atoms with Gasteiger partial charge >= 0.3 is 0 Å². The molecule has 0 aromatic carbocycles. The molecule has 150 valence electrons. The average molecular weight is 365 g/mol. The topological polar surface area (TPSA) is 40.1 Å². The molecule has 2 unspecified atom stereocenters. The number of methoxy groups -OCH3 is 1. The van der Waals surface area contributed by atoms with Crippen molar-refractivity contribution in [1.29, 1.82) is 0 Å². The fourth-order valence-corrected chi connectivity index (χ4v) is 5.06. The molecule has 3 aliphatic rings. The van der Waals surface area contributed by atoms with Crippen molar-refractivity contribution in [1.82, 2.24) is 15.1 Å². The van der Waals surface area contributed by atoms with E-state index in [9.17, 15) is 0 Å². The quantitative estimate of drug-likeness (QED) is 0.557. The molecule has 5 heteroatoms. The standard InChI is InChI=1S/C21H40N4O/c1-3-22-21(25-13-11-19(16-25)17-26-2)23-14-20-10-7-12-24(20)15-18-8-5-4-6-9-18/h18-20H,3-17H2,1-2H3,(H,22,23). The second-order valence-electron chi connectivity index (χ2n) is 8.55. The Labute approximate surface area is 160 Å². The van der Waals surface area contributed by atoms with E-state index in [0.29, 0.717) is 12.0 Å². The smallest absolute Gasteiger partial charge is 0.193 e. The van der Waals surface area contributed by atoms with E-state index in [2.05, 4.69) is 22.0 Å². The third-order valence-electron chi connectivity index (χ3n) is 6.49. The van der Waals surface area contributed by atoms with Crippen molar-refractivity contribution in [2.24, 2.45) is 16.8 Å². The maximum atomic E-state index is 5.35. The fraction of sp³-hybridized carbons (Fsp3) is 0.952. The molecule has 3 rings (SSSR count). The number of nitrogens with zero attached hydrogens (tertiary/aromatic N) is 3. The Morgan fingerprint density at radius 2 is 1.88 bits per heavy atom. The molecule has 1 saturated carbocycles. The van der Waals surface area contributed by atoms with Crippen LogP contribution in [-0.2, 0) is 4.74 Å². The van der Waals surface area contributed by atoms with Gasteiger partial charge in [0.15, 0.2) is 5.96 Å². The van der Waals surface area contributed by atoms with E-state index in [1.807, 2.05) is 7.11 Å². The molecule has 26 heavy (non-hydrogen) atoms. The fourth-order valence-electron chi connectivity index (χ4n) is 5.06. The van der Waals surface area contributed by atoms with Crippen LogP contribution in [0.25, 0.3) is 0 Å². The van der Waals surface area contributed by atoms with Crippen LogP contribution in [-0.4, -0.2) is 74.8 Å². The third kappa shape index (κ3) is 5.59. The lowest BCUT2D eigenvalue weighted by atomic mass is 9.89. The van der Waals surface area contributed by atoms with E-state index < -0.39 is 0 Å². The van der Waals surface area contributed by atoms with Crippen LogP contribution in [0, 0.1) is 11.8 Å². The predicted octanol–water partition coefficient (Wildman–Crippen LogP) is 2.96. The Morgan fingerprint density at radius 1 is 1.04 bits per heavy atom. The Kier molecular flexibility index (Phi) is 8.06. The van der Waals surface area contributed by atoms with Crippen LogP contribution in [0.4, 0.5) is 0 Å². The van der Waals surface area contributed by atoms with Crippen LogP contribution >= 0.6 is 0 Å². The van der Waals surface area contributed by atoms with Gasteiger partial charge in [0.25, 0.3) is 0 Å². The van der Waals surface area contributed by atoms with E-state index in [0.717, 1.165) is 44.7 Å². The lowest BCUT2D eigenvalue weighted by molar-refractivity contribution is 0.157. The summed E-state index contributed by atoms with van der Waals surface area (Å²) in [5.74, 6) is 2.71. The number of guanidine groups is 1. The molecule has 2 aliphatic heterocycles. The molecule has 1 N–H and O–H groups in total. The Morgan fingerprint density at radius 3 is 2.65 bits per heavy atom. The van der Waals surface area contributed by atoms with E-state index in [-0.39, 0.29) is 0 Å². The Balaban J connectivity index is 1.52. The minimum Gasteiger partial charge on any atom is -0.384 e. The van der Waals surface area contributed by atoms with Crippen molar-refractivity contribution in [2.45, 2.75) is 64.3 Å². The van der Waals surface area contributed by atoms with E-state index in [1.54, 1.807) is 0 Å². The van der Waals surface area contributed by atoms with Gasteiger partial charge in [-0.1, -0.05) is 19.3 Å². The zero-order chi connectivity index (χ0) is 18.2. The first-order chi connectivity index (χ1) is 12.8. The summed E-state index contributed by atoms with van der Waals surface area (Å²) in [5, 5.41) is 3.52. The summed E-state index contributed by atoms with van der Waals surface area (Å²) in [7, 11) is 1.81. The molecule has 3 fully saturated rings. The van der Waals surface area contributed by atoms with Gasteiger partial charge in [-0.05, 0) is 51.5 Å². The summed E-state index contributed by atoms with van der Waals surface area (Å²) < 4.78 is 5.35. The van der Waals surface area contributed by atoms with Crippen molar-refractivity contribution in [3.05, 3.63) is 0 Å². The molecule has 0 aromatic heterocycles. The van der Waals surface area contributed by atoms with Gasteiger partial charge in [-0.3, -0.25) is 9.89 Å². The van der Waals surface area contributed by atoms with Crippen LogP contribution in [0.3, 0.4) is 0 Å². The highest BCUT2D eigenvalue weighted by Gasteiger charge is 2.28. The van der Waals surface area contributed by atoms with Gasteiger partial charge in [-0.25, -0.2) is 0 Å².